The van der Waals surface area contributed by atoms with Crippen molar-refractivity contribution in [2.75, 3.05) is 35.2 Å². The van der Waals surface area contributed by atoms with Gasteiger partial charge in [-0.05, 0) is 50.2 Å². The maximum absolute atomic E-state index is 13.5. The molecule has 4 nitrogen and oxygen atoms in total. The Labute approximate surface area is 140 Å². The first kappa shape index (κ1) is 17.7. The molecule has 2 aromatic carbocycles. The topological polar surface area (TPSA) is 44.4 Å². The maximum Gasteiger partial charge on any atom is 0.243 e. The highest BCUT2D eigenvalue weighted by Crippen LogP contribution is 2.18. The molecule has 0 heterocycles. The van der Waals surface area contributed by atoms with Gasteiger partial charge >= 0.3 is 0 Å². The number of amides is 1. The molecule has 0 spiro atoms. The summed E-state index contributed by atoms with van der Waals surface area (Å²) in [5, 5.41) is 5.37. The van der Waals surface area contributed by atoms with Crippen molar-refractivity contribution in [3.63, 3.8) is 0 Å². The van der Waals surface area contributed by atoms with Crippen molar-refractivity contribution in [3.05, 3.63) is 54.1 Å². The predicted octanol–water partition coefficient (Wildman–Crippen LogP) is 3.86. The number of carbonyl (C=O) groups is 1. The lowest BCUT2D eigenvalue weighted by atomic mass is 10.2. The van der Waals surface area contributed by atoms with Gasteiger partial charge in [0.05, 0.1) is 12.2 Å². The van der Waals surface area contributed by atoms with Crippen molar-refractivity contribution in [3.8, 4) is 0 Å². The Balaban J connectivity index is 1.90. The summed E-state index contributed by atoms with van der Waals surface area (Å²) in [6, 6.07) is 10.7. The molecule has 0 unspecified atom stereocenters. The monoisotopic (exact) mass is 333 g/mol. The Bertz CT molecular complexity index is 685. The number of nitrogens with zero attached hydrogens (tertiary/aromatic N) is 1. The highest BCUT2D eigenvalue weighted by Gasteiger charge is 2.07. The molecule has 0 aromatic heterocycles. The molecule has 0 radical (unpaired) electrons. The minimum absolute atomic E-state index is 0.0865. The average molecular weight is 333 g/mol. The van der Waals surface area contributed by atoms with Crippen LogP contribution in [0.4, 0.5) is 25.8 Å². The van der Waals surface area contributed by atoms with Gasteiger partial charge in [-0.1, -0.05) is 0 Å². The Kier molecular flexibility index (Phi) is 6.12. The molecule has 0 bridgehead atoms. The van der Waals surface area contributed by atoms with Crippen molar-refractivity contribution in [1.82, 2.24) is 0 Å². The molecule has 2 N–H and O–H groups in total. The summed E-state index contributed by atoms with van der Waals surface area (Å²) in [5.74, 6) is -1.70. The van der Waals surface area contributed by atoms with E-state index >= 15 is 0 Å². The zero-order valence-electron chi connectivity index (χ0n) is 13.8. The first-order valence-corrected chi connectivity index (χ1v) is 7.87. The van der Waals surface area contributed by atoms with Crippen LogP contribution in [-0.4, -0.2) is 25.5 Å². The van der Waals surface area contributed by atoms with E-state index in [0.29, 0.717) is 5.69 Å². The van der Waals surface area contributed by atoms with Gasteiger partial charge in [-0.15, -0.1) is 0 Å². The second-order valence-electron chi connectivity index (χ2n) is 5.25. The van der Waals surface area contributed by atoms with Crippen LogP contribution < -0.4 is 15.5 Å². The quantitative estimate of drug-likeness (QED) is 0.809. The maximum atomic E-state index is 13.5. The highest BCUT2D eigenvalue weighted by molar-refractivity contribution is 5.93. The van der Waals surface area contributed by atoms with Gasteiger partial charge in [0.15, 0.2) is 0 Å². The van der Waals surface area contributed by atoms with E-state index in [1.165, 1.54) is 6.07 Å². The first-order chi connectivity index (χ1) is 11.5. The SMILES string of the molecule is CCN(CC)c1ccc(NC(=O)CNc2ccc(F)cc2F)cc1. The summed E-state index contributed by atoms with van der Waals surface area (Å²) in [6.07, 6.45) is 0. The second kappa shape index (κ2) is 8.29. The van der Waals surface area contributed by atoms with Crippen molar-refractivity contribution in [1.29, 1.82) is 0 Å². The lowest BCUT2D eigenvalue weighted by Crippen LogP contribution is -2.23. The molecule has 0 aliphatic rings. The summed E-state index contributed by atoms with van der Waals surface area (Å²) >= 11 is 0. The van der Waals surface area contributed by atoms with Crippen LogP contribution in [0, 0.1) is 11.6 Å². The largest absolute Gasteiger partial charge is 0.374 e. The number of hydrogen-bond donors (Lipinski definition) is 2. The van der Waals surface area contributed by atoms with E-state index in [0.717, 1.165) is 30.9 Å². The summed E-state index contributed by atoms with van der Waals surface area (Å²) in [4.78, 5) is 14.1. The molecule has 0 atom stereocenters. The Hall–Kier alpha value is -2.63. The molecule has 0 aliphatic carbocycles. The van der Waals surface area contributed by atoms with Gasteiger partial charge in [0, 0.05) is 30.5 Å². The van der Waals surface area contributed by atoms with Crippen molar-refractivity contribution in [2.45, 2.75) is 13.8 Å². The summed E-state index contributed by atoms with van der Waals surface area (Å²) in [7, 11) is 0. The summed E-state index contributed by atoms with van der Waals surface area (Å²) in [6.45, 7) is 5.88. The molecule has 2 aromatic rings. The molecule has 0 fully saturated rings. The smallest absolute Gasteiger partial charge is 0.243 e. The molecule has 6 heteroatoms. The molecule has 2 rings (SSSR count). The molecular formula is C18H21F2N3O. The third-order valence-electron chi connectivity index (χ3n) is 3.65. The normalized spacial score (nSPS) is 10.3. The highest BCUT2D eigenvalue weighted by atomic mass is 19.1. The van der Waals surface area contributed by atoms with Crippen LogP contribution in [-0.2, 0) is 4.79 Å². The average Bonchev–Trinajstić information content (AvgIpc) is 2.56. The number of nitrogens with one attached hydrogen (secondary N) is 2. The van der Waals surface area contributed by atoms with E-state index in [9.17, 15) is 13.6 Å². The van der Waals surface area contributed by atoms with E-state index in [4.69, 9.17) is 0 Å². The predicted molar refractivity (Wildman–Crippen MR) is 93.5 cm³/mol. The molecule has 0 aliphatic heterocycles. The van der Waals surface area contributed by atoms with Crippen LogP contribution in [0.5, 0.6) is 0 Å². The molecule has 0 saturated carbocycles. The van der Waals surface area contributed by atoms with Gasteiger partial charge in [0.2, 0.25) is 5.91 Å². The Morgan fingerprint density at radius 2 is 1.71 bits per heavy atom. The minimum Gasteiger partial charge on any atom is -0.374 e. The molecule has 24 heavy (non-hydrogen) atoms. The van der Waals surface area contributed by atoms with Crippen LogP contribution in [0.3, 0.4) is 0 Å². The minimum atomic E-state index is -0.730. The van der Waals surface area contributed by atoms with Gasteiger partial charge in [0.25, 0.3) is 0 Å². The van der Waals surface area contributed by atoms with Gasteiger partial charge in [0.1, 0.15) is 11.6 Å². The fraction of sp³-hybridized carbons (Fsp3) is 0.278. The van der Waals surface area contributed by atoms with Crippen LogP contribution in [0.1, 0.15) is 13.8 Å². The third kappa shape index (κ3) is 4.68. The zero-order chi connectivity index (χ0) is 17.5. The standard InChI is InChI=1S/C18H21F2N3O/c1-3-23(4-2)15-8-6-14(7-9-15)22-18(24)12-21-17-10-5-13(19)11-16(17)20/h5-11,21H,3-4,12H2,1-2H3,(H,22,24). The first-order valence-electron chi connectivity index (χ1n) is 7.87. The van der Waals surface area contributed by atoms with Crippen LogP contribution >= 0.6 is 0 Å². The van der Waals surface area contributed by atoms with Crippen molar-refractivity contribution >= 4 is 23.0 Å². The molecule has 128 valence electrons. The number of benzene rings is 2. The van der Waals surface area contributed by atoms with Gasteiger partial charge < -0.3 is 15.5 Å². The fourth-order valence-corrected chi connectivity index (χ4v) is 2.36. The van der Waals surface area contributed by atoms with Gasteiger partial charge in [-0.25, -0.2) is 8.78 Å². The third-order valence-corrected chi connectivity index (χ3v) is 3.65. The lowest BCUT2D eigenvalue weighted by Gasteiger charge is -2.21. The summed E-state index contributed by atoms with van der Waals surface area (Å²) < 4.78 is 26.3. The Morgan fingerprint density at radius 3 is 2.29 bits per heavy atom. The van der Waals surface area contributed by atoms with Crippen LogP contribution in [0.2, 0.25) is 0 Å². The molecule has 0 saturated heterocycles. The fourth-order valence-electron chi connectivity index (χ4n) is 2.36. The molecular weight excluding hydrogens is 312 g/mol. The number of carbonyl (C=O) groups excluding carboxylic acids is 1. The Morgan fingerprint density at radius 1 is 1.04 bits per heavy atom. The number of rotatable bonds is 7. The van der Waals surface area contributed by atoms with Gasteiger partial charge in [-0.2, -0.15) is 0 Å². The van der Waals surface area contributed by atoms with E-state index in [1.807, 2.05) is 24.3 Å². The van der Waals surface area contributed by atoms with Crippen LogP contribution in [0.25, 0.3) is 0 Å². The van der Waals surface area contributed by atoms with E-state index < -0.39 is 11.6 Å². The van der Waals surface area contributed by atoms with Gasteiger partial charge in [-0.3, -0.25) is 4.79 Å². The summed E-state index contributed by atoms with van der Waals surface area (Å²) in [5.41, 5.74) is 1.84. The molecule has 1 amide bonds. The zero-order valence-corrected chi connectivity index (χ0v) is 13.8. The number of hydrogen-bond acceptors (Lipinski definition) is 3. The van der Waals surface area contributed by atoms with Crippen molar-refractivity contribution in [2.24, 2.45) is 0 Å². The van der Waals surface area contributed by atoms with E-state index in [2.05, 4.69) is 29.4 Å². The lowest BCUT2D eigenvalue weighted by molar-refractivity contribution is -0.114. The number of halogens is 2. The number of anilines is 3. The van der Waals surface area contributed by atoms with E-state index in [1.54, 1.807) is 0 Å². The van der Waals surface area contributed by atoms with Crippen molar-refractivity contribution < 1.29 is 13.6 Å². The van der Waals surface area contributed by atoms with E-state index in [-0.39, 0.29) is 18.1 Å². The second-order valence-corrected chi connectivity index (χ2v) is 5.25. The van der Waals surface area contributed by atoms with Crippen LogP contribution in [0.15, 0.2) is 42.5 Å².